The average molecular weight is 348 g/mol. The Hall–Kier alpha value is -1.02. The minimum atomic E-state index is -4.14. The molecule has 0 amide bonds. The lowest BCUT2D eigenvalue weighted by Gasteiger charge is -2.55. The molecule has 8 heteroatoms. The number of halogens is 3. The third-order valence-corrected chi connectivity index (χ3v) is 5.63. The SMILES string of the molecule is CN=C(NC1CCN(CC(F)(F)F)C1)NC1C2CCOC2C1(C)C. The Bertz CT molecular complexity index is 494. The second kappa shape index (κ2) is 6.37. The summed E-state index contributed by atoms with van der Waals surface area (Å²) in [5, 5.41) is 6.76. The lowest BCUT2D eigenvalue weighted by atomic mass is 9.57. The maximum atomic E-state index is 12.5. The van der Waals surface area contributed by atoms with Crippen molar-refractivity contribution in [1.82, 2.24) is 15.5 Å². The van der Waals surface area contributed by atoms with E-state index in [0.29, 0.717) is 37.5 Å². The first-order chi connectivity index (χ1) is 11.2. The van der Waals surface area contributed by atoms with Crippen molar-refractivity contribution in [3.05, 3.63) is 0 Å². The maximum Gasteiger partial charge on any atom is 0.401 e. The molecule has 2 heterocycles. The van der Waals surface area contributed by atoms with Gasteiger partial charge in [0.05, 0.1) is 12.6 Å². The molecule has 4 unspecified atom stereocenters. The first-order valence-electron chi connectivity index (χ1n) is 8.61. The summed E-state index contributed by atoms with van der Waals surface area (Å²) in [6.45, 7) is 5.19. The minimum absolute atomic E-state index is 0.00244. The van der Waals surface area contributed by atoms with Crippen molar-refractivity contribution in [2.24, 2.45) is 16.3 Å². The molecule has 0 bridgehead atoms. The molecular weight excluding hydrogens is 321 g/mol. The first-order valence-corrected chi connectivity index (χ1v) is 8.61. The molecule has 1 saturated carbocycles. The molecule has 3 rings (SSSR count). The largest absolute Gasteiger partial charge is 0.401 e. The number of likely N-dealkylation sites (tertiary alicyclic amines) is 1. The minimum Gasteiger partial charge on any atom is -0.377 e. The van der Waals surface area contributed by atoms with Crippen molar-refractivity contribution in [3.63, 3.8) is 0 Å². The van der Waals surface area contributed by atoms with Crippen LogP contribution < -0.4 is 10.6 Å². The zero-order valence-electron chi connectivity index (χ0n) is 14.5. The third kappa shape index (κ3) is 3.49. The molecule has 2 aliphatic heterocycles. The molecule has 138 valence electrons. The summed E-state index contributed by atoms with van der Waals surface area (Å²) in [4.78, 5) is 5.71. The Morgan fingerprint density at radius 3 is 2.71 bits per heavy atom. The molecule has 0 aromatic rings. The van der Waals surface area contributed by atoms with Gasteiger partial charge in [0.1, 0.15) is 0 Å². The van der Waals surface area contributed by atoms with Crippen LogP contribution in [0.5, 0.6) is 0 Å². The lowest BCUT2D eigenvalue weighted by molar-refractivity contribution is -0.143. The quantitative estimate of drug-likeness (QED) is 0.601. The standard InChI is InChI=1S/C16H27F3N4O/c1-15(2)12(11-5-7-24-13(11)15)22-14(20-3)21-10-4-6-23(8-10)9-16(17,18)19/h10-13H,4-9H2,1-3H3,(H2,20,21,22). The topological polar surface area (TPSA) is 48.9 Å². The maximum absolute atomic E-state index is 12.5. The predicted molar refractivity (Wildman–Crippen MR) is 85.9 cm³/mol. The molecule has 5 nitrogen and oxygen atoms in total. The van der Waals surface area contributed by atoms with E-state index < -0.39 is 12.7 Å². The number of hydrogen-bond acceptors (Lipinski definition) is 3. The number of alkyl halides is 3. The van der Waals surface area contributed by atoms with Crippen LogP contribution in [0.4, 0.5) is 13.2 Å². The van der Waals surface area contributed by atoms with Crippen LogP contribution >= 0.6 is 0 Å². The van der Waals surface area contributed by atoms with Crippen LogP contribution in [0.2, 0.25) is 0 Å². The Morgan fingerprint density at radius 2 is 2.04 bits per heavy atom. The summed E-state index contributed by atoms with van der Waals surface area (Å²) < 4.78 is 43.3. The van der Waals surface area contributed by atoms with Crippen molar-refractivity contribution in [3.8, 4) is 0 Å². The van der Waals surface area contributed by atoms with Gasteiger partial charge in [-0.25, -0.2) is 0 Å². The monoisotopic (exact) mass is 348 g/mol. The summed E-state index contributed by atoms with van der Waals surface area (Å²) >= 11 is 0. The summed E-state index contributed by atoms with van der Waals surface area (Å²) in [7, 11) is 1.70. The van der Waals surface area contributed by atoms with Crippen LogP contribution in [0.3, 0.4) is 0 Å². The van der Waals surface area contributed by atoms with Crippen molar-refractivity contribution >= 4 is 5.96 Å². The molecule has 3 aliphatic rings. The number of rotatable bonds is 3. The van der Waals surface area contributed by atoms with Gasteiger partial charge in [-0.1, -0.05) is 13.8 Å². The van der Waals surface area contributed by atoms with E-state index in [2.05, 4.69) is 29.5 Å². The zero-order valence-corrected chi connectivity index (χ0v) is 14.5. The molecule has 0 spiro atoms. The molecule has 0 aromatic heterocycles. The zero-order chi connectivity index (χ0) is 17.5. The number of aliphatic imine (C=N–C) groups is 1. The summed E-state index contributed by atoms with van der Waals surface area (Å²) in [5.74, 6) is 1.17. The van der Waals surface area contributed by atoms with E-state index in [0.717, 1.165) is 13.0 Å². The number of nitrogens with zero attached hydrogens (tertiary/aromatic N) is 2. The van der Waals surface area contributed by atoms with Gasteiger partial charge in [-0.2, -0.15) is 13.2 Å². The molecule has 0 aromatic carbocycles. The first kappa shape index (κ1) is 17.8. The molecule has 2 N–H and O–H groups in total. The molecule has 1 aliphatic carbocycles. The fraction of sp³-hybridized carbons (Fsp3) is 0.938. The average Bonchev–Trinajstić information content (AvgIpc) is 3.09. The fourth-order valence-corrected chi connectivity index (χ4v) is 4.48. The van der Waals surface area contributed by atoms with Crippen molar-refractivity contribution < 1.29 is 17.9 Å². The molecule has 3 fully saturated rings. The number of hydrogen-bond donors (Lipinski definition) is 2. The van der Waals surface area contributed by atoms with Crippen LogP contribution in [0.25, 0.3) is 0 Å². The predicted octanol–water partition coefficient (Wildman–Crippen LogP) is 1.60. The van der Waals surface area contributed by atoms with Gasteiger partial charge in [0, 0.05) is 50.2 Å². The lowest BCUT2D eigenvalue weighted by Crippen LogP contribution is -2.68. The van der Waals surface area contributed by atoms with E-state index >= 15 is 0 Å². The normalized spacial score (nSPS) is 36.3. The molecule has 0 radical (unpaired) electrons. The van der Waals surface area contributed by atoms with Gasteiger partial charge in [-0.3, -0.25) is 9.89 Å². The summed E-state index contributed by atoms with van der Waals surface area (Å²) in [6.07, 6.45) is -2.10. The van der Waals surface area contributed by atoms with Crippen LogP contribution in [0.15, 0.2) is 4.99 Å². The highest BCUT2D eigenvalue weighted by molar-refractivity contribution is 5.80. The molecule has 4 atom stereocenters. The Labute approximate surface area is 141 Å². The van der Waals surface area contributed by atoms with Gasteiger partial charge in [0.15, 0.2) is 5.96 Å². The summed E-state index contributed by atoms with van der Waals surface area (Å²) in [6, 6.07) is 0.279. The highest BCUT2D eigenvalue weighted by atomic mass is 19.4. The van der Waals surface area contributed by atoms with E-state index in [1.54, 1.807) is 7.05 Å². The number of fused-ring (bicyclic) bond motifs is 1. The van der Waals surface area contributed by atoms with Crippen LogP contribution in [0, 0.1) is 11.3 Å². The van der Waals surface area contributed by atoms with Crippen LogP contribution in [0.1, 0.15) is 26.7 Å². The third-order valence-electron chi connectivity index (χ3n) is 5.63. The van der Waals surface area contributed by atoms with E-state index in [1.165, 1.54) is 4.90 Å². The Kier molecular flexibility index (Phi) is 4.72. The van der Waals surface area contributed by atoms with Crippen LogP contribution in [-0.2, 0) is 4.74 Å². The van der Waals surface area contributed by atoms with E-state index in [-0.39, 0.29) is 17.5 Å². The highest BCUT2D eigenvalue weighted by Gasteiger charge is 2.59. The number of nitrogens with one attached hydrogen (secondary N) is 2. The fourth-order valence-electron chi connectivity index (χ4n) is 4.48. The second-order valence-corrected chi connectivity index (χ2v) is 7.74. The van der Waals surface area contributed by atoms with E-state index in [9.17, 15) is 13.2 Å². The van der Waals surface area contributed by atoms with Gasteiger partial charge >= 0.3 is 6.18 Å². The highest BCUT2D eigenvalue weighted by Crippen LogP contribution is 2.52. The van der Waals surface area contributed by atoms with E-state index in [1.807, 2.05) is 0 Å². The van der Waals surface area contributed by atoms with E-state index in [4.69, 9.17) is 4.74 Å². The molecule has 2 saturated heterocycles. The number of ether oxygens (including phenoxy) is 1. The molecule has 24 heavy (non-hydrogen) atoms. The Balaban J connectivity index is 1.51. The van der Waals surface area contributed by atoms with Crippen molar-refractivity contribution in [2.45, 2.75) is 51.1 Å². The van der Waals surface area contributed by atoms with Crippen molar-refractivity contribution in [1.29, 1.82) is 0 Å². The van der Waals surface area contributed by atoms with Gasteiger partial charge in [0.2, 0.25) is 0 Å². The van der Waals surface area contributed by atoms with Gasteiger partial charge < -0.3 is 15.4 Å². The molecular formula is C16H27F3N4O. The van der Waals surface area contributed by atoms with Crippen molar-refractivity contribution in [2.75, 3.05) is 33.3 Å². The number of guanidine groups is 1. The van der Waals surface area contributed by atoms with Crippen LogP contribution in [-0.4, -0.2) is 68.5 Å². The van der Waals surface area contributed by atoms with Gasteiger partial charge in [-0.15, -0.1) is 0 Å². The smallest absolute Gasteiger partial charge is 0.377 e. The van der Waals surface area contributed by atoms with Gasteiger partial charge in [0.25, 0.3) is 0 Å². The van der Waals surface area contributed by atoms with Gasteiger partial charge in [-0.05, 0) is 12.8 Å². The summed E-state index contributed by atoms with van der Waals surface area (Å²) in [5.41, 5.74) is 0.0385. The Morgan fingerprint density at radius 1 is 1.29 bits per heavy atom. The second-order valence-electron chi connectivity index (χ2n) is 7.74.